The molecule has 0 aliphatic heterocycles. The number of anilines is 1. The molecule has 1 aromatic rings. The quantitative estimate of drug-likeness (QED) is 0.432. The van der Waals surface area contributed by atoms with E-state index in [1.807, 2.05) is 0 Å². The molecule has 0 saturated carbocycles. The molecule has 0 fully saturated rings. The first kappa shape index (κ1) is 12.9. The largest absolute Gasteiger partial charge is 0.465 e. The molecule has 0 aliphatic carbocycles. The minimum absolute atomic E-state index is 0.0542. The van der Waals surface area contributed by atoms with E-state index in [0.29, 0.717) is 12.4 Å². The maximum Gasteiger partial charge on any atom is 0.325 e. The van der Waals surface area contributed by atoms with Crippen molar-refractivity contribution in [2.75, 3.05) is 25.1 Å². The van der Waals surface area contributed by atoms with E-state index in [9.17, 15) is 14.9 Å². The fourth-order valence-corrected chi connectivity index (χ4v) is 1.19. The fourth-order valence-electron chi connectivity index (χ4n) is 1.19. The predicted molar refractivity (Wildman–Crippen MR) is 60.8 cm³/mol. The van der Waals surface area contributed by atoms with Gasteiger partial charge in [-0.05, 0) is 13.0 Å². The van der Waals surface area contributed by atoms with Crippen molar-refractivity contribution in [1.82, 2.24) is 4.98 Å². The van der Waals surface area contributed by atoms with E-state index < -0.39 is 4.92 Å². The standard InChI is InChI=1S/C10H13N3O4/c1-3-17-10(14)7-12(2)9-5-4-8(6-11-9)13(15)16/h4-6H,3,7H2,1-2H3. The molecule has 0 amide bonds. The second-order valence-electron chi connectivity index (χ2n) is 3.29. The van der Waals surface area contributed by atoms with Crippen LogP contribution in [0.4, 0.5) is 11.5 Å². The highest BCUT2D eigenvalue weighted by atomic mass is 16.6. The lowest BCUT2D eigenvalue weighted by atomic mass is 10.4. The molecule has 7 heteroatoms. The zero-order chi connectivity index (χ0) is 12.8. The van der Waals surface area contributed by atoms with Gasteiger partial charge in [-0.25, -0.2) is 4.98 Å². The summed E-state index contributed by atoms with van der Waals surface area (Å²) in [6, 6.07) is 2.82. The number of pyridine rings is 1. The third-order valence-corrected chi connectivity index (χ3v) is 2.01. The molecule has 92 valence electrons. The number of ether oxygens (including phenoxy) is 1. The summed E-state index contributed by atoms with van der Waals surface area (Å²) in [5.41, 5.74) is -0.0849. The Kier molecular flexibility index (Phi) is 4.38. The second kappa shape index (κ2) is 5.78. The summed E-state index contributed by atoms with van der Waals surface area (Å²) in [4.78, 5) is 26.5. The van der Waals surface area contributed by atoms with Crippen LogP contribution in [0.5, 0.6) is 0 Å². The Morgan fingerprint density at radius 1 is 1.59 bits per heavy atom. The van der Waals surface area contributed by atoms with Gasteiger partial charge in [-0.1, -0.05) is 0 Å². The van der Waals surface area contributed by atoms with Gasteiger partial charge in [0.25, 0.3) is 5.69 Å². The van der Waals surface area contributed by atoms with E-state index in [-0.39, 0.29) is 18.2 Å². The van der Waals surface area contributed by atoms with E-state index in [1.54, 1.807) is 18.9 Å². The van der Waals surface area contributed by atoms with Crippen LogP contribution >= 0.6 is 0 Å². The second-order valence-corrected chi connectivity index (χ2v) is 3.29. The lowest BCUT2D eigenvalue weighted by Crippen LogP contribution is -2.27. The van der Waals surface area contributed by atoms with Crippen molar-refractivity contribution in [2.45, 2.75) is 6.92 Å². The van der Waals surface area contributed by atoms with E-state index in [2.05, 4.69) is 4.98 Å². The number of likely N-dealkylation sites (N-methyl/N-ethyl adjacent to an activating group) is 1. The summed E-state index contributed by atoms with van der Waals surface area (Å²) in [6.07, 6.45) is 1.15. The van der Waals surface area contributed by atoms with Crippen LogP contribution in [0.25, 0.3) is 0 Å². The molecule has 0 saturated heterocycles. The van der Waals surface area contributed by atoms with Crippen LogP contribution in [0.15, 0.2) is 18.3 Å². The molecule has 1 rings (SSSR count). The maximum absolute atomic E-state index is 11.2. The lowest BCUT2D eigenvalue weighted by Gasteiger charge is -2.16. The molecule has 7 nitrogen and oxygen atoms in total. The molecule has 17 heavy (non-hydrogen) atoms. The molecular weight excluding hydrogens is 226 g/mol. The van der Waals surface area contributed by atoms with Gasteiger partial charge in [0.1, 0.15) is 18.6 Å². The highest BCUT2D eigenvalue weighted by molar-refractivity contribution is 5.75. The number of nitro groups is 1. The highest BCUT2D eigenvalue weighted by Crippen LogP contribution is 2.14. The maximum atomic E-state index is 11.2. The first-order valence-corrected chi connectivity index (χ1v) is 5.01. The number of esters is 1. The van der Waals surface area contributed by atoms with Crippen molar-refractivity contribution >= 4 is 17.5 Å². The van der Waals surface area contributed by atoms with E-state index in [1.165, 1.54) is 12.1 Å². The predicted octanol–water partition coefficient (Wildman–Crippen LogP) is 0.989. The molecule has 0 radical (unpaired) electrons. The Labute approximate surface area is 98.2 Å². The van der Waals surface area contributed by atoms with Crippen molar-refractivity contribution < 1.29 is 14.5 Å². The minimum Gasteiger partial charge on any atom is -0.465 e. The first-order chi connectivity index (χ1) is 8.04. The van der Waals surface area contributed by atoms with Crippen LogP contribution in [0, 0.1) is 10.1 Å². The number of aromatic nitrogens is 1. The third kappa shape index (κ3) is 3.71. The van der Waals surface area contributed by atoms with Gasteiger partial charge in [0, 0.05) is 13.1 Å². The Hall–Kier alpha value is -2.18. The van der Waals surface area contributed by atoms with Gasteiger partial charge in [0.15, 0.2) is 0 Å². The molecule has 0 N–H and O–H groups in total. The van der Waals surface area contributed by atoms with Crippen molar-refractivity contribution in [2.24, 2.45) is 0 Å². The summed E-state index contributed by atoms with van der Waals surface area (Å²) in [6.45, 7) is 2.10. The normalized spacial score (nSPS) is 9.76. The first-order valence-electron chi connectivity index (χ1n) is 5.01. The van der Waals surface area contributed by atoms with Crippen molar-refractivity contribution in [3.8, 4) is 0 Å². The molecular formula is C10H13N3O4. The van der Waals surface area contributed by atoms with Gasteiger partial charge < -0.3 is 9.64 Å². The highest BCUT2D eigenvalue weighted by Gasteiger charge is 2.11. The van der Waals surface area contributed by atoms with Crippen molar-refractivity contribution in [3.05, 3.63) is 28.4 Å². The molecule has 0 aliphatic rings. The van der Waals surface area contributed by atoms with Crippen LogP contribution in [-0.2, 0) is 9.53 Å². The van der Waals surface area contributed by atoms with Gasteiger partial charge in [-0.15, -0.1) is 0 Å². The summed E-state index contributed by atoms with van der Waals surface area (Å²) in [5, 5.41) is 10.4. The summed E-state index contributed by atoms with van der Waals surface area (Å²) >= 11 is 0. The number of rotatable bonds is 5. The fraction of sp³-hybridized carbons (Fsp3) is 0.400. The van der Waals surface area contributed by atoms with Crippen molar-refractivity contribution in [1.29, 1.82) is 0 Å². The van der Waals surface area contributed by atoms with Crippen LogP contribution in [0.3, 0.4) is 0 Å². The van der Waals surface area contributed by atoms with Crippen LogP contribution in [0.1, 0.15) is 6.92 Å². The lowest BCUT2D eigenvalue weighted by molar-refractivity contribution is -0.385. The van der Waals surface area contributed by atoms with Crippen molar-refractivity contribution in [3.63, 3.8) is 0 Å². The Morgan fingerprint density at radius 2 is 2.29 bits per heavy atom. The van der Waals surface area contributed by atoms with E-state index in [4.69, 9.17) is 4.74 Å². The SMILES string of the molecule is CCOC(=O)CN(C)c1ccc([N+](=O)[O-])cn1. The van der Waals surface area contributed by atoms with Gasteiger partial charge in [0.05, 0.1) is 11.5 Å². The number of carbonyl (C=O) groups is 1. The number of hydrogen-bond acceptors (Lipinski definition) is 6. The minimum atomic E-state index is -0.526. The molecule has 0 atom stereocenters. The zero-order valence-corrected chi connectivity index (χ0v) is 9.62. The Bertz CT molecular complexity index is 405. The number of carbonyl (C=O) groups excluding carboxylic acids is 1. The molecule has 1 aromatic heterocycles. The summed E-state index contributed by atoms with van der Waals surface area (Å²) in [7, 11) is 1.66. The van der Waals surface area contributed by atoms with E-state index >= 15 is 0 Å². The van der Waals surface area contributed by atoms with Gasteiger partial charge in [-0.2, -0.15) is 0 Å². The molecule has 1 heterocycles. The average Bonchev–Trinajstić information content (AvgIpc) is 2.29. The smallest absolute Gasteiger partial charge is 0.325 e. The topological polar surface area (TPSA) is 85.6 Å². The third-order valence-electron chi connectivity index (χ3n) is 2.01. The number of hydrogen-bond donors (Lipinski definition) is 0. The number of nitrogens with zero attached hydrogens (tertiary/aromatic N) is 3. The van der Waals surface area contributed by atoms with Gasteiger partial charge in [-0.3, -0.25) is 14.9 Å². The summed E-state index contributed by atoms with van der Waals surface area (Å²) < 4.78 is 4.78. The van der Waals surface area contributed by atoms with Crippen LogP contribution in [0.2, 0.25) is 0 Å². The van der Waals surface area contributed by atoms with Gasteiger partial charge in [0.2, 0.25) is 0 Å². The van der Waals surface area contributed by atoms with Gasteiger partial charge >= 0.3 is 5.97 Å². The molecule has 0 spiro atoms. The summed E-state index contributed by atoms with van der Waals surface area (Å²) in [5.74, 6) is 0.110. The average molecular weight is 239 g/mol. The van der Waals surface area contributed by atoms with Crippen LogP contribution in [-0.4, -0.2) is 36.1 Å². The molecule has 0 bridgehead atoms. The monoisotopic (exact) mass is 239 g/mol. The zero-order valence-electron chi connectivity index (χ0n) is 9.62. The Balaban J connectivity index is 2.66. The van der Waals surface area contributed by atoms with E-state index in [0.717, 1.165) is 6.20 Å². The van der Waals surface area contributed by atoms with Crippen LogP contribution < -0.4 is 4.90 Å². The molecule has 0 unspecified atom stereocenters. The molecule has 0 aromatic carbocycles. The Morgan fingerprint density at radius 3 is 2.76 bits per heavy atom.